The fourth-order valence-electron chi connectivity index (χ4n) is 1.80. The molecule has 0 aliphatic heterocycles. The molecule has 0 aliphatic carbocycles. The Hall–Kier alpha value is -2.37. The van der Waals surface area contributed by atoms with Crippen molar-refractivity contribution in [3.05, 3.63) is 41.9 Å². The highest BCUT2D eigenvalue weighted by Gasteiger charge is 2.06. The number of carbonyl (C=O) groups is 1. The highest BCUT2D eigenvalue weighted by atomic mass is 16.1. The van der Waals surface area contributed by atoms with Crippen LogP contribution in [-0.4, -0.2) is 27.2 Å². The molecule has 0 saturated carbocycles. The van der Waals surface area contributed by atoms with Crippen molar-refractivity contribution < 1.29 is 4.79 Å². The molecule has 2 heterocycles. The number of nitrogens with one attached hydrogen (secondary N) is 1. The molecule has 0 atom stereocenters. The number of carbonyl (C=O) groups excluding carboxylic acids is 1. The van der Waals surface area contributed by atoms with Crippen LogP contribution in [0.4, 0.5) is 5.82 Å². The number of aryl methyl sites for hydroxylation is 2. The van der Waals surface area contributed by atoms with Crippen molar-refractivity contribution in [3.8, 4) is 0 Å². The van der Waals surface area contributed by atoms with Crippen LogP contribution in [0, 0.1) is 6.92 Å². The summed E-state index contributed by atoms with van der Waals surface area (Å²) < 4.78 is 1.83. The Bertz CT molecular complexity index is 530. The SMILES string of the molecule is Cc1cc(C(=O)NCCCn2cccn2)cc(N)n1. The fourth-order valence-corrected chi connectivity index (χ4v) is 1.80. The average Bonchev–Trinajstić information content (AvgIpc) is 2.86. The van der Waals surface area contributed by atoms with Gasteiger partial charge in [-0.3, -0.25) is 9.48 Å². The molecule has 2 aromatic heterocycles. The molecule has 19 heavy (non-hydrogen) atoms. The minimum absolute atomic E-state index is 0.127. The summed E-state index contributed by atoms with van der Waals surface area (Å²) in [5.41, 5.74) is 6.90. The molecule has 2 rings (SSSR count). The van der Waals surface area contributed by atoms with Gasteiger partial charge in [-0.1, -0.05) is 0 Å². The summed E-state index contributed by atoms with van der Waals surface area (Å²) in [5, 5.41) is 6.95. The maximum absolute atomic E-state index is 11.9. The Balaban J connectivity index is 1.80. The number of aromatic nitrogens is 3. The Morgan fingerprint density at radius 2 is 2.32 bits per heavy atom. The molecule has 0 bridgehead atoms. The fraction of sp³-hybridized carbons (Fsp3) is 0.308. The quantitative estimate of drug-likeness (QED) is 0.784. The predicted octanol–water partition coefficient (Wildman–Crippen LogP) is 0.989. The lowest BCUT2D eigenvalue weighted by Crippen LogP contribution is -2.25. The second-order valence-electron chi connectivity index (χ2n) is 4.30. The minimum Gasteiger partial charge on any atom is -0.384 e. The smallest absolute Gasteiger partial charge is 0.251 e. The van der Waals surface area contributed by atoms with E-state index in [1.54, 1.807) is 18.3 Å². The van der Waals surface area contributed by atoms with Gasteiger partial charge in [0.25, 0.3) is 5.91 Å². The van der Waals surface area contributed by atoms with E-state index in [0.29, 0.717) is 17.9 Å². The molecule has 6 heteroatoms. The van der Waals surface area contributed by atoms with Gasteiger partial charge in [0.1, 0.15) is 5.82 Å². The normalized spacial score (nSPS) is 10.4. The van der Waals surface area contributed by atoms with Gasteiger partial charge >= 0.3 is 0 Å². The van der Waals surface area contributed by atoms with Crippen LogP contribution in [0.1, 0.15) is 22.5 Å². The standard InChI is InChI=1S/C13H17N5O/c1-10-8-11(9-12(14)17-10)13(19)15-4-2-6-18-7-3-5-16-18/h3,5,7-9H,2,4,6H2,1H3,(H2,14,17)(H,15,19). The van der Waals surface area contributed by atoms with Crippen molar-refractivity contribution in [2.45, 2.75) is 19.9 Å². The number of rotatable bonds is 5. The van der Waals surface area contributed by atoms with Crippen molar-refractivity contribution in [1.82, 2.24) is 20.1 Å². The molecule has 0 saturated heterocycles. The molecule has 0 aromatic carbocycles. The Morgan fingerprint density at radius 3 is 3.00 bits per heavy atom. The molecule has 0 spiro atoms. The molecule has 0 aliphatic rings. The average molecular weight is 259 g/mol. The Kier molecular flexibility index (Phi) is 4.12. The van der Waals surface area contributed by atoms with Gasteiger partial charge in [0, 0.05) is 36.7 Å². The van der Waals surface area contributed by atoms with Gasteiger partial charge in [-0.25, -0.2) is 4.98 Å². The van der Waals surface area contributed by atoms with E-state index < -0.39 is 0 Å². The molecule has 1 amide bonds. The molecule has 6 nitrogen and oxygen atoms in total. The van der Waals surface area contributed by atoms with Crippen LogP contribution >= 0.6 is 0 Å². The topological polar surface area (TPSA) is 85.8 Å². The number of nitrogens with zero attached hydrogens (tertiary/aromatic N) is 3. The van der Waals surface area contributed by atoms with E-state index in [4.69, 9.17) is 5.73 Å². The molecular formula is C13H17N5O. The molecule has 0 fully saturated rings. The van der Waals surface area contributed by atoms with E-state index in [9.17, 15) is 4.79 Å². The summed E-state index contributed by atoms with van der Waals surface area (Å²) in [7, 11) is 0. The van der Waals surface area contributed by atoms with Crippen molar-refractivity contribution in [2.75, 3.05) is 12.3 Å². The monoisotopic (exact) mass is 259 g/mol. The molecule has 3 N–H and O–H groups in total. The minimum atomic E-state index is -0.127. The van der Waals surface area contributed by atoms with Gasteiger partial charge in [-0.15, -0.1) is 0 Å². The van der Waals surface area contributed by atoms with E-state index in [0.717, 1.165) is 18.7 Å². The van der Waals surface area contributed by atoms with Gasteiger partial charge in [-0.05, 0) is 31.5 Å². The first-order chi connectivity index (χ1) is 9.15. The third-order valence-electron chi connectivity index (χ3n) is 2.64. The Labute approximate surface area is 111 Å². The second kappa shape index (κ2) is 5.99. The van der Waals surface area contributed by atoms with Gasteiger partial charge in [0.05, 0.1) is 0 Å². The van der Waals surface area contributed by atoms with Crippen molar-refractivity contribution in [2.24, 2.45) is 0 Å². The van der Waals surface area contributed by atoms with Crippen LogP contribution in [-0.2, 0) is 6.54 Å². The van der Waals surface area contributed by atoms with E-state index in [-0.39, 0.29) is 5.91 Å². The number of hydrogen-bond acceptors (Lipinski definition) is 4. The van der Waals surface area contributed by atoms with Gasteiger partial charge in [0.15, 0.2) is 0 Å². The first-order valence-electron chi connectivity index (χ1n) is 6.15. The summed E-state index contributed by atoms with van der Waals surface area (Å²) >= 11 is 0. The molecule has 100 valence electrons. The highest BCUT2D eigenvalue weighted by Crippen LogP contribution is 2.06. The lowest BCUT2D eigenvalue weighted by atomic mass is 10.2. The lowest BCUT2D eigenvalue weighted by molar-refractivity contribution is 0.0952. The maximum atomic E-state index is 11.9. The molecular weight excluding hydrogens is 242 g/mol. The summed E-state index contributed by atoms with van der Waals surface area (Å²) in [4.78, 5) is 15.9. The van der Waals surface area contributed by atoms with Gasteiger partial charge in [0.2, 0.25) is 0 Å². The Morgan fingerprint density at radius 1 is 1.47 bits per heavy atom. The first kappa shape index (κ1) is 13.1. The molecule has 0 radical (unpaired) electrons. The highest BCUT2D eigenvalue weighted by molar-refractivity contribution is 5.94. The zero-order valence-corrected chi connectivity index (χ0v) is 10.8. The van der Waals surface area contributed by atoms with E-state index in [2.05, 4.69) is 15.4 Å². The second-order valence-corrected chi connectivity index (χ2v) is 4.30. The van der Waals surface area contributed by atoms with E-state index in [1.165, 1.54) is 0 Å². The first-order valence-corrected chi connectivity index (χ1v) is 6.15. The third-order valence-corrected chi connectivity index (χ3v) is 2.64. The number of hydrogen-bond donors (Lipinski definition) is 2. The van der Waals surface area contributed by atoms with Crippen LogP contribution in [0.15, 0.2) is 30.6 Å². The number of anilines is 1. The maximum Gasteiger partial charge on any atom is 0.251 e. The third kappa shape index (κ3) is 3.80. The number of amides is 1. The molecule has 2 aromatic rings. The van der Waals surface area contributed by atoms with Crippen LogP contribution in [0.5, 0.6) is 0 Å². The number of nitrogen functional groups attached to an aromatic ring is 1. The summed E-state index contributed by atoms with van der Waals surface area (Å²) in [5.74, 6) is 0.236. The van der Waals surface area contributed by atoms with Crippen molar-refractivity contribution >= 4 is 11.7 Å². The van der Waals surface area contributed by atoms with Gasteiger partial charge < -0.3 is 11.1 Å². The van der Waals surface area contributed by atoms with Crippen LogP contribution in [0.3, 0.4) is 0 Å². The largest absolute Gasteiger partial charge is 0.384 e. The van der Waals surface area contributed by atoms with E-state index in [1.807, 2.05) is 23.9 Å². The van der Waals surface area contributed by atoms with Crippen LogP contribution in [0.2, 0.25) is 0 Å². The summed E-state index contributed by atoms with van der Waals surface area (Å²) in [6, 6.07) is 5.18. The summed E-state index contributed by atoms with van der Waals surface area (Å²) in [6.45, 7) is 3.19. The summed E-state index contributed by atoms with van der Waals surface area (Å²) in [6.07, 6.45) is 4.46. The van der Waals surface area contributed by atoms with Crippen LogP contribution < -0.4 is 11.1 Å². The van der Waals surface area contributed by atoms with Gasteiger partial charge in [-0.2, -0.15) is 5.10 Å². The van der Waals surface area contributed by atoms with Crippen molar-refractivity contribution in [1.29, 1.82) is 0 Å². The zero-order chi connectivity index (χ0) is 13.7. The molecule has 0 unspecified atom stereocenters. The lowest BCUT2D eigenvalue weighted by Gasteiger charge is -2.06. The van der Waals surface area contributed by atoms with Crippen molar-refractivity contribution in [3.63, 3.8) is 0 Å². The zero-order valence-electron chi connectivity index (χ0n) is 10.8. The predicted molar refractivity (Wildman–Crippen MR) is 72.6 cm³/mol. The number of nitrogens with two attached hydrogens (primary N) is 1. The van der Waals surface area contributed by atoms with Crippen LogP contribution in [0.25, 0.3) is 0 Å². The number of pyridine rings is 1. The van der Waals surface area contributed by atoms with E-state index >= 15 is 0 Å².